The van der Waals surface area contributed by atoms with Gasteiger partial charge in [-0.15, -0.1) is 0 Å². The van der Waals surface area contributed by atoms with Crippen LogP contribution in [0, 0.1) is 17.1 Å². The van der Waals surface area contributed by atoms with E-state index in [4.69, 9.17) is 5.26 Å². The van der Waals surface area contributed by atoms with Gasteiger partial charge in [-0.1, -0.05) is 0 Å². The zero-order valence-corrected chi connectivity index (χ0v) is 11.3. The highest BCUT2D eigenvalue weighted by atomic mass is 19.1. The van der Waals surface area contributed by atoms with E-state index in [1.807, 2.05) is 6.07 Å². The summed E-state index contributed by atoms with van der Waals surface area (Å²) in [4.78, 5) is 12.1. The lowest BCUT2D eigenvalue weighted by molar-refractivity contribution is 0.559. The Balaban J connectivity index is 2.01. The van der Waals surface area contributed by atoms with Crippen LogP contribution in [0.4, 0.5) is 4.39 Å². The van der Waals surface area contributed by atoms with Crippen molar-refractivity contribution in [1.82, 2.24) is 15.1 Å². The lowest BCUT2D eigenvalue weighted by Crippen LogP contribution is -2.32. The van der Waals surface area contributed by atoms with Gasteiger partial charge in [0, 0.05) is 25.6 Å². The molecule has 1 aromatic carbocycles. The maximum absolute atomic E-state index is 13.3. The van der Waals surface area contributed by atoms with Gasteiger partial charge in [-0.25, -0.2) is 9.07 Å². The number of fused-ring (bicyclic) bond motifs is 1. The van der Waals surface area contributed by atoms with Crippen LogP contribution < -0.4 is 10.9 Å². The van der Waals surface area contributed by atoms with Gasteiger partial charge in [0.15, 0.2) is 0 Å². The second kappa shape index (κ2) is 5.46. The van der Waals surface area contributed by atoms with Gasteiger partial charge in [0.05, 0.1) is 23.9 Å². The summed E-state index contributed by atoms with van der Waals surface area (Å²) in [5.41, 5.74) is 2.35. The molecule has 1 N–H and O–H groups in total. The molecule has 3 rings (SSSR count). The number of hydrogen-bond donors (Lipinski definition) is 1. The zero-order valence-electron chi connectivity index (χ0n) is 11.3. The largest absolute Gasteiger partial charge is 0.312 e. The molecule has 1 aliphatic heterocycles. The van der Waals surface area contributed by atoms with Crippen LogP contribution in [0.3, 0.4) is 0 Å². The van der Waals surface area contributed by atoms with Crippen molar-refractivity contribution in [2.45, 2.75) is 19.5 Å². The smallest absolute Gasteiger partial charge is 0.267 e. The summed E-state index contributed by atoms with van der Waals surface area (Å²) in [5, 5.41) is 16.6. The van der Waals surface area contributed by atoms with E-state index in [1.54, 1.807) is 6.07 Å². The Kier molecular flexibility index (Phi) is 3.50. The second-order valence-corrected chi connectivity index (χ2v) is 4.95. The average molecular weight is 284 g/mol. The van der Waals surface area contributed by atoms with E-state index in [2.05, 4.69) is 10.4 Å². The van der Waals surface area contributed by atoms with Gasteiger partial charge in [0.1, 0.15) is 5.82 Å². The Morgan fingerprint density at radius 3 is 3.10 bits per heavy atom. The van der Waals surface area contributed by atoms with E-state index in [0.29, 0.717) is 17.7 Å². The molecule has 106 valence electrons. The second-order valence-electron chi connectivity index (χ2n) is 4.95. The fraction of sp³-hybridized carbons (Fsp3) is 0.267. The molecule has 0 saturated carbocycles. The quantitative estimate of drug-likeness (QED) is 0.891. The summed E-state index contributed by atoms with van der Waals surface area (Å²) >= 11 is 0. The van der Waals surface area contributed by atoms with Crippen LogP contribution in [0.2, 0.25) is 0 Å². The molecule has 5 nitrogen and oxygen atoms in total. The van der Waals surface area contributed by atoms with E-state index < -0.39 is 5.82 Å². The third-order valence-corrected chi connectivity index (χ3v) is 3.53. The van der Waals surface area contributed by atoms with Crippen molar-refractivity contribution in [1.29, 1.82) is 5.26 Å². The van der Waals surface area contributed by atoms with E-state index in [1.165, 1.54) is 22.9 Å². The van der Waals surface area contributed by atoms with Crippen molar-refractivity contribution in [2.75, 3.05) is 6.54 Å². The SMILES string of the molecule is N#Cc1ccc(F)cc1Cn1nc2c(cc1=O)CNCC2. The molecule has 0 spiro atoms. The maximum Gasteiger partial charge on any atom is 0.267 e. The summed E-state index contributed by atoms with van der Waals surface area (Å²) in [6.45, 7) is 1.56. The first-order chi connectivity index (χ1) is 10.2. The van der Waals surface area contributed by atoms with Gasteiger partial charge in [0.25, 0.3) is 5.56 Å². The number of nitrogens with zero attached hydrogens (tertiary/aromatic N) is 3. The molecule has 0 atom stereocenters. The third kappa shape index (κ3) is 2.69. The van der Waals surface area contributed by atoms with E-state index in [-0.39, 0.29) is 12.1 Å². The van der Waals surface area contributed by atoms with Crippen LogP contribution in [-0.4, -0.2) is 16.3 Å². The third-order valence-electron chi connectivity index (χ3n) is 3.53. The summed E-state index contributed by atoms with van der Waals surface area (Å²) < 4.78 is 14.6. The molecule has 0 bridgehead atoms. The molecule has 0 aliphatic carbocycles. The van der Waals surface area contributed by atoms with Gasteiger partial charge >= 0.3 is 0 Å². The summed E-state index contributed by atoms with van der Waals surface area (Å²) in [6.07, 6.45) is 0.754. The Morgan fingerprint density at radius 2 is 2.29 bits per heavy atom. The van der Waals surface area contributed by atoms with Crippen LogP contribution >= 0.6 is 0 Å². The average Bonchev–Trinajstić information content (AvgIpc) is 2.48. The molecule has 2 aromatic rings. The number of halogens is 1. The fourth-order valence-corrected chi connectivity index (χ4v) is 2.44. The molecule has 0 fully saturated rings. The number of rotatable bonds is 2. The fourth-order valence-electron chi connectivity index (χ4n) is 2.44. The highest BCUT2D eigenvalue weighted by Gasteiger charge is 2.14. The number of nitrogens with one attached hydrogen (secondary N) is 1. The zero-order chi connectivity index (χ0) is 14.8. The lowest BCUT2D eigenvalue weighted by Gasteiger charge is -2.17. The van der Waals surface area contributed by atoms with Crippen molar-refractivity contribution >= 4 is 0 Å². The minimum Gasteiger partial charge on any atom is -0.312 e. The van der Waals surface area contributed by atoms with Crippen LogP contribution in [0.15, 0.2) is 29.1 Å². The maximum atomic E-state index is 13.3. The standard InChI is InChI=1S/C15H13FN4O/c16-13-2-1-10(7-17)12(5-13)9-20-15(21)6-11-8-18-4-3-14(11)19-20/h1-2,5-6,18H,3-4,8-9H2. The Morgan fingerprint density at radius 1 is 1.43 bits per heavy atom. The summed E-state index contributed by atoms with van der Waals surface area (Å²) in [6, 6.07) is 7.48. The molecule has 0 amide bonds. The minimum atomic E-state index is -0.431. The molecule has 1 aliphatic rings. The molecular formula is C15H13FN4O. The van der Waals surface area contributed by atoms with E-state index in [0.717, 1.165) is 24.2 Å². The van der Waals surface area contributed by atoms with Crippen molar-refractivity contribution in [3.8, 4) is 6.07 Å². The first kappa shape index (κ1) is 13.5. The molecule has 2 heterocycles. The Labute approximate surface area is 120 Å². The van der Waals surface area contributed by atoms with Gasteiger partial charge in [0.2, 0.25) is 0 Å². The Hall–Kier alpha value is -2.52. The van der Waals surface area contributed by atoms with Gasteiger partial charge in [-0.3, -0.25) is 4.79 Å². The van der Waals surface area contributed by atoms with Crippen molar-refractivity contribution in [3.63, 3.8) is 0 Å². The predicted molar refractivity (Wildman–Crippen MR) is 74.1 cm³/mol. The van der Waals surface area contributed by atoms with Crippen LogP contribution in [-0.2, 0) is 19.5 Å². The highest BCUT2D eigenvalue weighted by molar-refractivity contribution is 5.38. The lowest BCUT2D eigenvalue weighted by atomic mass is 10.1. The van der Waals surface area contributed by atoms with Crippen LogP contribution in [0.25, 0.3) is 0 Å². The van der Waals surface area contributed by atoms with E-state index in [9.17, 15) is 9.18 Å². The first-order valence-electron chi connectivity index (χ1n) is 6.66. The highest BCUT2D eigenvalue weighted by Crippen LogP contribution is 2.12. The van der Waals surface area contributed by atoms with Crippen LogP contribution in [0.1, 0.15) is 22.4 Å². The first-order valence-corrected chi connectivity index (χ1v) is 6.66. The predicted octanol–water partition coefficient (Wildman–Crippen LogP) is 0.948. The van der Waals surface area contributed by atoms with Gasteiger partial charge in [-0.05, 0) is 29.3 Å². The van der Waals surface area contributed by atoms with Crippen molar-refractivity contribution in [2.24, 2.45) is 0 Å². The molecule has 21 heavy (non-hydrogen) atoms. The summed E-state index contributed by atoms with van der Waals surface area (Å²) in [7, 11) is 0. The van der Waals surface area contributed by atoms with Gasteiger partial charge in [-0.2, -0.15) is 10.4 Å². The minimum absolute atomic E-state index is 0.0974. The number of nitriles is 1. The van der Waals surface area contributed by atoms with Gasteiger partial charge < -0.3 is 5.32 Å². The van der Waals surface area contributed by atoms with Crippen molar-refractivity contribution < 1.29 is 4.39 Å². The Bertz CT molecular complexity index is 791. The normalized spacial score (nSPS) is 13.5. The number of benzene rings is 1. The monoisotopic (exact) mass is 284 g/mol. The molecule has 6 heteroatoms. The van der Waals surface area contributed by atoms with Crippen LogP contribution in [0.5, 0.6) is 0 Å². The molecule has 0 unspecified atom stereocenters. The van der Waals surface area contributed by atoms with E-state index >= 15 is 0 Å². The molecule has 1 aromatic heterocycles. The number of aromatic nitrogens is 2. The topological polar surface area (TPSA) is 70.7 Å². The summed E-state index contributed by atoms with van der Waals surface area (Å²) in [5.74, 6) is -0.431. The molecular weight excluding hydrogens is 271 g/mol. The van der Waals surface area contributed by atoms with Crippen molar-refractivity contribution in [3.05, 3.63) is 62.8 Å². The number of hydrogen-bond acceptors (Lipinski definition) is 4. The molecule has 0 saturated heterocycles. The molecule has 0 radical (unpaired) electrons.